The summed E-state index contributed by atoms with van der Waals surface area (Å²) in [6.07, 6.45) is 0. The summed E-state index contributed by atoms with van der Waals surface area (Å²) in [7, 11) is 1.70. The van der Waals surface area contributed by atoms with Crippen molar-refractivity contribution in [2.24, 2.45) is 5.92 Å². The Labute approximate surface area is 103 Å². The van der Waals surface area contributed by atoms with E-state index in [2.05, 4.69) is 0 Å². The van der Waals surface area contributed by atoms with Crippen molar-refractivity contribution in [1.82, 2.24) is 9.80 Å². The van der Waals surface area contributed by atoms with E-state index in [4.69, 9.17) is 4.74 Å². The Hall–Kier alpha value is -1.10. The van der Waals surface area contributed by atoms with E-state index in [1.165, 1.54) is 6.92 Å². The third kappa shape index (κ3) is 3.43. The minimum atomic E-state index is -0.342. The highest BCUT2D eigenvalue weighted by atomic mass is 16.5. The molecule has 0 saturated carbocycles. The molecule has 0 aromatic rings. The lowest BCUT2D eigenvalue weighted by Crippen LogP contribution is -2.53. The Kier molecular flexibility index (Phi) is 4.93. The molecule has 1 heterocycles. The third-order valence-corrected chi connectivity index (χ3v) is 3.05. The molecule has 1 aliphatic heterocycles. The maximum atomic E-state index is 12.2. The first-order chi connectivity index (χ1) is 7.95. The zero-order valence-electron chi connectivity index (χ0n) is 11.1. The van der Waals surface area contributed by atoms with Gasteiger partial charge < -0.3 is 14.5 Å². The second-order valence-electron chi connectivity index (χ2n) is 4.79. The molecular weight excluding hydrogens is 220 g/mol. The highest BCUT2D eigenvalue weighted by Gasteiger charge is 2.30. The normalized spacial score (nSPS) is 18.1. The van der Waals surface area contributed by atoms with Gasteiger partial charge in [-0.3, -0.25) is 4.79 Å². The Balaban J connectivity index is 2.68. The number of Topliss-reactive ketones (excluding diaryl/α,β-unsaturated/α-hetero) is 1. The Morgan fingerprint density at radius 3 is 2.18 bits per heavy atom. The maximum absolute atomic E-state index is 12.2. The van der Waals surface area contributed by atoms with Crippen LogP contribution >= 0.6 is 0 Å². The van der Waals surface area contributed by atoms with Crippen LogP contribution in [-0.4, -0.2) is 61.0 Å². The first-order valence-corrected chi connectivity index (χ1v) is 6.05. The Morgan fingerprint density at radius 1 is 1.24 bits per heavy atom. The highest BCUT2D eigenvalue weighted by molar-refractivity contribution is 5.87. The van der Waals surface area contributed by atoms with Crippen LogP contribution in [0.1, 0.15) is 20.8 Å². The number of ketones is 1. The number of hydrogen-bond acceptors (Lipinski definition) is 3. The number of nitrogens with zero attached hydrogens (tertiary/aromatic N) is 2. The van der Waals surface area contributed by atoms with Gasteiger partial charge in [0, 0.05) is 20.1 Å². The summed E-state index contributed by atoms with van der Waals surface area (Å²) < 4.78 is 5.21. The summed E-state index contributed by atoms with van der Waals surface area (Å²) in [6, 6.07) is -0.424. The van der Waals surface area contributed by atoms with E-state index < -0.39 is 0 Å². The first kappa shape index (κ1) is 14.0. The molecule has 0 radical (unpaired) electrons. The lowest BCUT2D eigenvalue weighted by molar-refractivity contribution is -0.122. The fraction of sp³-hybridized carbons (Fsp3) is 0.833. The molecular formula is C12H22N2O3. The average molecular weight is 242 g/mol. The topological polar surface area (TPSA) is 49.9 Å². The summed E-state index contributed by atoms with van der Waals surface area (Å²) in [5.74, 6) is 0.159. The number of amides is 2. The predicted octanol–water partition coefficient (Wildman–Crippen LogP) is 0.984. The molecule has 2 amide bonds. The van der Waals surface area contributed by atoms with Gasteiger partial charge >= 0.3 is 6.03 Å². The molecule has 0 aliphatic carbocycles. The maximum Gasteiger partial charge on any atom is 0.320 e. The van der Waals surface area contributed by atoms with Crippen LogP contribution in [0.5, 0.6) is 0 Å². The second kappa shape index (κ2) is 6.00. The van der Waals surface area contributed by atoms with Crippen molar-refractivity contribution in [3.63, 3.8) is 0 Å². The number of carbonyl (C=O) groups is 2. The molecule has 0 aromatic carbocycles. The van der Waals surface area contributed by atoms with Crippen LogP contribution in [0.25, 0.3) is 0 Å². The molecule has 17 heavy (non-hydrogen) atoms. The van der Waals surface area contributed by atoms with Gasteiger partial charge in [-0.15, -0.1) is 0 Å². The van der Waals surface area contributed by atoms with Crippen LogP contribution in [-0.2, 0) is 9.53 Å². The lowest BCUT2D eigenvalue weighted by Gasteiger charge is -2.35. The SMILES string of the molecule is CC(=O)[C@H](C(C)C)N(C)C(=O)N1CCOCC1. The van der Waals surface area contributed by atoms with Crippen LogP contribution in [0.15, 0.2) is 0 Å². The van der Waals surface area contributed by atoms with Gasteiger partial charge in [-0.2, -0.15) is 0 Å². The standard InChI is InChI=1S/C12H22N2O3/c1-9(2)11(10(3)15)13(4)12(16)14-5-7-17-8-6-14/h9,11H,5-8H2,1-4H3/t11-/m0/s1. The monoisotopic (exact) mass is 242 g/mol. The zero-order chi connectivity index (χ0) is 13.0. The minimum absolute atomic E-state index is 0.0316. The number of rotatable bonds is 3. The molecule has 1 rings (SSSR count). The van der Waals surface area contributed by atoms with Crippen molar-refractivity contribution < 1.29 is 14.3 Å². The molecule has 1 aliphatic rings. The van der Waals surface area contributed by atoms with Crippen LogP contribution < -0.4 is 0 Å². The predicted molar refractivity (Wildman–Crippen MR) is 64.9 cm³/mol. The highest BCUT2D eigenvalue weighted by Crippen LogP contribution is 2.13. The Bertz CT molecular complexity index is 285. The molecule has 0 unspecified atom stereocenters. The molecule has 5 nitrogen and oxygen atoms in total. The van der Waals surface area contributed by atoms with Gasteiger partial charge in [0.2, 0.25) is 0 Å². The van der Waals surface area contributed by atoms with Gasteiger partial charge in [0.25, 0.3) is 0 Å². The summed E-state index contributed by atoms with van der Waals surface area (Å²) in [6.45, 7) is 7.80. The van der Waals surface area contributed by atoms with E-state index >= 15 is 0 Å². The number of urea groups is 1. The second-order valence-corrected chi connectivity index (χ2v) is 4.79. The van der Waals surface area contributed by atoms with E-state index in [0.717, 1.165) is 0 Å². The molecule has 0 spiro atoms. The van der Waals surface area contributed by atoms with Gasteiger partial charge in [0.15, 0.2) is 5.78 Å². The number of ether oxygens (including phenoxy) is 1. The van der Waals surface area contributed by atoms with E-state index in [0.29, 0.717) is 26.3 Å². The minimum Gasteiger partial charge on any atom is -0.378 e. The lowest BCUT2D eigenvalue weighted by atomic mass is 9.99. The average Bonchev–Trinajstić information content (AvgIpc) is 2.28. The number of carbonyl (C=O) groups excluding carboxylic acids is 2. The Morgan fingerprint density at radius 2 is 1.76 bits per heavy atom. The molecule has 0 bridgehead atoms. The molecule has 0 aromatic heterocycles. The van der Waals surface area contributed by atoms with Crippen molar-refractivity contribution in [3.8, 4) is 0 Å². The molecule has 0 N–H and O–H groups in total. The number of hydrogen-bond donors (Lipinski definition) is 0. The molecule has 1 atom stereocenters. The number of likely N-dealkylation sites (N-methyl/N-ethyl adjacent to an activating group) is 1. The molecule has 1 saturated heterocycles. The van der Waals surface area contributed by atoms with Crippen molar-refractivity contribution in [2.45, 2.75) is 26.8 Å². The zero-order valence-corrected chi connectivity index (χ0v) is 11.1. The van der Waals surface area contributed by atoms with Gasteiger partial charge in [-0.1, -0.05) is 13.8 Å². The summed E-state index contributed by atoms with van der Waals surface area (Å²) in [5.41, 5.74) is 0. The third-order valence-electron chi connectivity index (χ3n) is 3.05. The quantitative estimate of drug-likeness (QED) is 0.741. The van der Waals surface area contributed by atoms with Gasteiger partial charge in [-0.05, 0) is 12.8 Å². The van der Waals surface area contributed by atoms with Gasteiger partial charge in [0.1, 0.15) is 0 Å². The van der Waals surface area contributed by atoms with E-state index in [9.17, 15) is 9.59 Å². The summed E-state index contributed by atoms with van der Waals surface area (Å²) in [4.78, 5) is 27.1. The van der Waals surface area contributed by atoms with Gasteiger partial charge in [-0.25, -0.2) is 4.79 Å². The largest absolute Gasteiger partial charge is 0.378 e. The van der Waals surface area contributed by atoms with Crippen molar-refractivity contribution in [3.05, 3.63) is 0 Å². The summed E-state index contributed by atoms with van der Waals surface area (Å²) >= 11 is 0. The smallest absolute Gasteiger partial charge is 0.320 e. The van der Waals surface area contributed by atoms with E-state index in [1.807, 2.05) is 13.8 Å². The fourth-order valence-corrected chi connectivity index (χ4v) is 2.29. The number of morpholine rings is 1. The van der Waals surface area contributed by atoms with Crippen LogP contribution in [0.2, 0.25) is 0 Å². The van der Waals surface area contributed by atoms with Crippen LogP contribution in [0.4, 0.5) is 4.79 Å². The van der Waals surface area contributed by atoms with Gasteiger partial charge in [0.05, 0.1) is 19.3 Å². The molecule has 1 fully saturated rings. The van der Waals surface area contributed by atoms with Crippen molar-refractivity contribution in [2.75, 3.05) is 33.4 Å². The molecule has 5 heteroatoms. The first-order valence-electron chi connectivity index (χ1n) is 6.05. The van der Waals surface area contributed by atoms with Crippen LogP contribution in [0.3, 0.4) is 0 Å². The van der Waals surface area contributed by atoms with Crippen molar-refractivity contribution in [1.29, 1.82) is 0 Å². The van der Waals surface area contributed by atoms with Crippen LogP contribution in [0, 0.1) is 5.92 Å². The van der Waals surface area contributed by atoms with Crippen molar-refractivity contribution >= 4 is 11.8 Å². The van der Waals surface area contributed by atoms with E-state index in [-0.39, 0.29) is 23.8 Å². The fourth-order valence-electron chi connectivity index (χ4n) is 2.29. The summed E-state index contributed by atoms with van der Waals surface area (Å²) in [5, 5.41) is 0. The molecule has 98 valence electrons. The van der Waals surface area contributed by atoms with E-state index in [1.54, 1.807) is 16.8 Å².